The van der Waals surface area contributed by atoms with Crippen LogP contribution in [-0.2, 0) is 6.54 Å². The van der Waals surface area contributed by atoms with Crippen molar-refractivity contribution in [2.45, 2.75) is 39.3 Å². The number of aliphatic hydroxyl groups excluding tert-OH is 1. The molecule has 0 fully saturated rings. The number of benzene rings is 1. The molecule has 1 heterocycles. The van der Waals surface area contributed by atoms with E-state index in [0.29, 0.717) is 41.2 Å². The lowest BCUT2D eigenvalue weighted by molar-refractivity contribution is 0.187. The summed E-state index contributed by atoms with van der Waals surface area (Å²) in [5.74, 6) is 0.632. The maximum absolute atomic E-state index is 11.9. The van der Waals surface area contributed by atoms with Gasteiger partial charge in [0.25, 0.3) is 5.56 Å². The van der Waals surface area contributed by atoms with Gasteiger partial charge in [-0.05, 0) is 56.5 Å². The molecule has 29 heavy (non-hydrogen) atoms. The molecule has 0 saturated carbocycles. The Kier molecular flexibility index (Phi) is 9.51. The smallest absolute Gasteiger partial charge is 0.250 e. The van der Waals surface area contributed by atoms with Crippen LogP contribution in [0.4, 0.5) is 0 Å². The van der Waals surface area contributed by atoms with Gasteiger partial charge in [0.1, 0.15) is 0 Å². The number of nitrogens with one attached hydrogen (secondary N) is 2. The van der Waals surface area contributed by atoms with E-state index in [2.05, 4.69) is 15.6 Å². The predicted octanol–water partition coefficient (Wildman–Crippen LogP) is 3.53. The zero-order valence-electron chi connectivity index (χ0n) is 16.8. The minimum absolute atomic E-state index is 0.0305. The topological polar surface area (TPSA) is 78.7 Å². The molecule has 1 aromatic heterocycles. The molecular formula is C21H28Cl2N4O2. The van der Waals surface area contributed by atoms with Crippen LogP contribution in [0.5, 0.6) is 0 Å². The summed E-state index contributed by atoms with van der Waals surface area (Å²) in [6.07, 6.45) is 0.966. The normalized spacial score (nSPS) is 12.7. The lowest BCUT2D eigenvalue weighted by Gasteiger charge is -2.14. The number of aliphatic imine (C=N–C) groups is 1. The van der Waals surface area contributed by atoms with Gasteiger partial charge in [0.05, 0.1) is 12.6 Å². The Labute approximate surface area is 181 Å². The van der Waals surface area contributed by atoms with E-state index in [0.717, 1.165) is 18.5 Å². The molecule has 1 aromatic carbocycles. The first-order chi connectivity index (χ1) is 13.9. The third-order valence-electron chi connectivity index (χ3n) is 4.41. The van der Waals surface area contributed by atoms with E-state index in [4.69, 9.17) is 23.2 Å². The van der Waals surface area contributed by atoms with Gasteiger partial charge in [0, 0.05) is 41.4 Å². The van der Waals surface area contributed by atoms with E-state index in [1.165, 1.54) is 0 Å². The molecule has 2 aromatic rings. The molecule has 158 valence electrons. The van der Waals surface area contributed by atoms with Gasteiger partial charge in [-0.3, -0.25) is 9.79 Å². The van der Waals surface area contributed by atoms with Crippen molar-refractivity contribution in [3.8, 4) is 0 Å². The Hall–Kier alpha value is -2.02. The molecule has 1 atom stereocenters. The molecule has 0 saturated heterocycles. The number of halogens is 2. The van der Waals surface area contributed by atoms with E-state index in [1.807, 2.05) is 19.9 Å². The van der Waals surface area contributed by atoms with Crippen molar-refractivity contribution < 1.29 is 5.11 Å². The van der Waals surface area contributed by atoms with Crippen LogP contribution in [0.2, 0.25) is 10.0 Å². The van der Waals surface area contributed by atoms with Crippen molar-refractivity contribution in [2.24, 2.45) is 4.99 Å². The van der Waals surface area contributed by atoms with Gasteiger partial charge in [-0.1, -0.05) is 29.3 Å². The Bertz CT molecular complexity index is 863. The zero-order valence-corrected chi connectivity index (χ0v) is 18.3. The van der Waals surface area contributed by atoms with E-state index < -0.39 is 6.10 Å². The fourth-order valence-corrected chi connectivity index (χ4v) is 3.45. The molecule has 0 aliphatic rings. The second kappa shape index (κ2) is 11.9. The van der Waals surface area contributed by atoms with Crippen LogP contribution < -0.4 is 16.2 Å². The summed E-state index contributed by atoms with van der Waals surface area (Å²) < 4.78 is 1.78. The number of hydrogen-bond donors (Lipinski definition) is 3. The Morgan fingerprint density at radius 1 is 1.17 bits per heavy atom. The van der Waals surface area contributed by atoms with E-state index in [9.17, 15) is 9.90 Å². The van der Waals surface area contributed by atoms with Gasteiger partial charge in [-0.2, -0.15) is 0 Å². The molecule has 2 rings (SSSR count). The molecule has 0 amide bonds. The average molecular weight is 439 g/mol. The molecule has 0 spiro atoms. The van der Waals surface area contributed by atoms with Gasteiger partial charge in [-0.15, -0.1) is 0 Å². The molecule has 3 N–H and O–H groups in total. The highest BCUT2D eigenvalue weighted by Gasteiger charge is 2.10. The van der Waals surface area contributed by atoms with Gasteiger partial charge >= 0.3 is 0 Å². The highest BCUT2D eigenvalue weighted by Crippen LogP contribution is 2.23. The summed E-state index contributed by atoms with van der Waals surface area (Å²) in [6.45, 7) is 6.22. The largest absolute Gasteiger partial charge is 0.386 e. The van der Waals surface area contributed by atoms with Crippen LogP contribution in [0, 0.1) is 6.92 Å². The third-order valence-corrected chi connectivity index (χ3v) is 4.84. The molecule has 0 bridgehead atoms. The van der Waals surface area contributed by atoms with Crippen LogP contribution in [0.25, 0.3) is 0 Å². The number of guanidine groups is 1. The SMILES string of the molecule is CCNC(=NCC(O)c1cc(Cl)cc(Cl)c1)NCCCCn1c(C)cccc1=O. The standard InChI is InChI=1S/C21H28Cl2N4O2/c1-3-24-21(26-14-19(28)16-11-17(22)13-18(23)12-16)25-9-4-5-10-27-15(2)7-6-8-20(27)29/h6-8,11-13,19,28H,3-5,9-10,14H2,1-2H3,(H2,24,25,26). The molecule has 0 aliphatic carbocycles. The number of nitrogens with zero attached hydrogens (tertiary/aromatic N) is 2. The van der Waals surface area contributed by atoms with Crippen molar-refractivity contribution in [1.29, 1.82) is 0 Å². The molecule has 6 nitrogen and oxygen atoms in total. The van der Waals surface area contributed by atoms with Crippen molar-refractivity contribution in [3.05, 3.63) is 68.1 Å². The fourth-order valence-electron chi connectivity index (χ4n) is 2.90. The minimum Gasteiger partial charge on any atom is -0.386 e. The van der Waals surface area contributed by atoms with Crippen LogP contribution in [-0.4, -0.2) is 35.3 Å². The van der Waals surface area contributed by atoms with E-state index in [-0.39, 0.29) is 12.1 Å². The van der Waals surface area contributed by atoms with Crippen LogP contribution in [0.3, 0.4) is 0 Å². The monoisotopic (exact) mass is 438 g/mol. The number of unbranched alkanes of at least 4 members (excludes halogenated alkanes) is 1. The Balaban J connectivity index is 1.83. The number of rotatable bonds is 9. The lowest BCUT2D eigenvalue weighted by atomic mass is 10.1. The van der Waals surface area contributed by atoms with Crippen molar-refractivity contribution in [1.82, 2.24) is 15.2 Å². The summed E-state index contributed by atoms with van der Waals surface area (Å²) in [5.41, 5.74) is 1.63. The fraction of sp³-hybridized carbons (Fsp3) is 0.429. The quantitative estimate of drug-likeness (QED) is 0.317. The van der Waals surface area contributed by atoms with Gasteiger partial charge in [-0.25, -0.2) is 0 Å². The maximum Gasteiger partial charge on any atom is 0.250 e. The summed E-state index contributed by atoms with van der Waals surface area (Å²) in [7, 11) is 0. The summed E-state index contributed by atoms with van der Waals surface area (Å²) in [5, 5.41) is 17.7. The number of aliphatic hydroxyl groups is 1. The van der Waals surface area contributed by atoms with Crippen LogP contribution in [0.1, 0.15) is 37.1 Å². The van der Waals surface area contributed by atoms with E-state index >= 15 is 0 Å². The first-order valence-corrected chi connectivity index (χ1v) is 10.5. The molecular weight excluding hydrogens is 411 g/mol. The predicted molar refractivity (Wildman–Crippen MR) is 120 cm³/mol. The summed E-state index contributed by atoms with van der Waals surface area (Å²) in [6, 6.07) is 10.3. The number of hydrogen-bond acceptors (Lipinski definition) is 3. The highest BCUT2D eigenvalue weighted by atomic mass is 35.5. The Morgan fingerprint density at radius 3 is 2.55 bits per heavy atom. The lowest BCUT2D eigenvalue weighted by Crippen LogP contribution is -2.38. The summed E-state index contributed by atoms with van der Waals surface area (Å²) in [4.78, 5) is 16.3. The number of aryl methyl sites for hydroxylation is 1. The van der Waals surface area contributed by atoms with Crippen LogP contribution in [0.15, 0.2) is 46.2 Å². The van der Waals surface area contributed by atoms with Gasteiger partial charge in [0.2, 0.25) is 0 Å². The van der Waals surface area contributed by atoms with Crippen molar-refractivity contribution >= 4 is 29.2 Å². The number of pyridine rings is 1. The molecule has 0 aliphatic heterocycles. The van der Waals surface area contributed by atoms with E-state index in [1.54, 1.807) is 34.9 Å². The minimum atomic E-state index is -0.797. The number of aromatic nitrogens is 1. The zero-order chi connectivity index (χ0) is 21.2. The second-order valence-electron chi connectivity index (χ2n) is 6.73. The maximum atomic E-state index is 11.9. The van der Waals surface area contributed by atoms with Gasteiger partial charge < -0.3 is 20.3 Å². The Morgan fingerprint density at radius 2 is 1.90 bits per heavy atom. The molecule has 1 unspecified atom stereocenters. The highest BCUT2D eigenvalue weighted by molar-refractivity contribution is 6.34. The van der Waals surface area contributed by atoms with Crippen LogP contribution >= 0.6 is 23.2 Å². The summed E-state index contributed by atoms with van der Waals surface area (Å²) >= 11 is 12.0. The van der Waals surface area contributed by atoms with Crippen molar-refractivity contribution in [3.63, 3.8) is 0 Å². The first-order valence-electron chi connectivity index (χ1n) is 9.73. The average Bonchev–Trinajstić information content (AvgIpc) is 2.66. The third kappa shape index (κ3) is 7.72. The van der Waals surface area contributed by atoms with Gasteiger partial charge in [0.15, 0.2) is 5.96 Å². The molecule has 8 heteroatoms. The first kappa shape index (κ1) is 23.3. The molecule has 0 radical (unpaired) electrons. The second-order valence-corrected chi connectivity index (χ2v) is 7.60. The van der Waals surface area contributed by atoms with Crippen molar-refractivity contribution in [2.75, 3.05) is 19.6 Å².